The highest BCUT2D eigenvalue weighted by Crippen LogP contribution is 2.21. The van der Waals surface area contributed by atoms with Gasteiger partial charge in [-0.05, 0) is 45.2 Å². The molecule has 2 atom stereocenters. The zero-order valence-electron chi connectivity index (χ0n) is 12.1. The number of hydrogen-bond acceptors (Lipinski definition) is 3. The second-order valence-electron chi connectivity index (χ2n) is 5.78. The van der Waals surface area contributed by atoms with Crippen LogP contribution in [0.5, 0.6) is 0 Å². The third-order valence-electron chi connectivity index (χ3n) is 3.73. The van der Waals surface area contributed by atoms with Crippen LogP contribution >= 0.6 is 0 Å². The first-order chi connectivity index (χ1) is 8.56. The molecule has 4 heteroatoms. The molecule has 0 aromatic heterocycles. The molecule has 18 heavy (non-hydrogen) atoms. The van der Waals surface area contributed by atoms with E-state index in [4.69, 9.17) is 5.73 Å². The van der Waals surface area contributed by atoms with Crippen molar-refractivity contribution in [2.75, 3.05) is 19.6 Å². The minimum absolute atomic E-state index is 0.0272. The molecular formula is C14H29N3O. The number of carbonyl (C=O) groups is 1. The molecule has 1 amide bonds. The lowest BCUT2D eigenvalue weighted by atomic mass is 9.97. The molecule has 0 aliphatic carbocycles. The van der Waals surface area contributed by atoms with E-state index in [-0.39, 0.29) is 11.9 Å². The average Bonchev–Trinajstić information content (AvgIpc) is 2.36. The van der Waals surface area contributed by atoms with Gasteiger partial charge in [-0.15, -0.1) is 0 Å². The van der Waals surface area contributed by atoms with Gasteiger partial charge in [-0.2, -0.15) is 0 Å². The maximum absolute atomic E-state index is 12.1. The predicted molar refractivity (Wildman–Crippen MR) is 75.3 cm³/mol. The molecule has 0 spiro atoms. The number of nitrogens with zero attached hydrogens (tertiary/aromatic N) is 1. The second kappa shape index (κ2) is 7.74. The third-order valence-corrected chi connectivity index (χ3v) is 3.73. The molecule has 0 saturated carbocycles. The van der Waals surface area contributed by atoms with Gasteiger partial charge in [0.1, 0.15) is 0 Å². The molecule has 1 heterocycles. The standard InChI is InChI=1S/C14H29N3O/c1-11(2)10-16-14(18)12(3)17-9-5-4-6-13(17)7-8-15/h11-13H,4-10,15H2,1-3H3,(H,16,18). The molecule has 2 unspecified atom stereocenters. The first-order valence-electron chi connectivity index (χ1n) is 7.29. The number of hydrogen-bond donors (Lipinski definition) is 2. The van der Waals surface area contributed by atoms with Gasteiger partial charge in [0, 0.05) is 12.6 Å². The molecule has 3 N–H and O–H groups in total. The fraction of sp³-hybridized carbons (Fsp3) is 0.929. The highest BCUT2D eigenvalue weighted by Gasteiger charge is 2.29. The zero-order chi connectivity index (χ0) is 13.5. The van der Waals surface area contributed by atoms with Crippen molar-refractivity contribution in [2.24, 2.45) is 11.7 Å². The normalized spacial score (nSPS) is 23.1. The molecule has 0 bridgehead atoms. The van der Waals surface area contributed by atoms with Crippen LogP contribution in [0.1, 0.15) is 46.5 Å². The number of amides is 1. The summed E-state index contributed by atoms with van der Waals surface area (Å²) in [5.74, 6) is 0.662. The van der Waals surface area contributed by atoms with E-state index in [1.165, 1.54) is 19.3 Å². The van der Waals surface area contributed by atoms with Crippen LogP contribution in [-0.4, -0.2) is 42.5 Å². The molecule has 1 fully saturated rings. The molecule has 1 aliphatic rings. The zero-order valence-corrected chi connectivity index (χ0v) is 12.1. The predicted octanol–water partition coefficient (Wildman–Crippen LogP) is 1.35. The maximum atomic E-state index is 12.1. The van der Waals surface area contributed by atoms with Gasteiger partial charge in [0.25, 0.3) is 0 Å². The van der Waals surface area contributed by atoms with E-state index >= 15 is 0 Å². The van der Waals surface area contributed by atoms with Crippen LogP contribution < -0.4 is 11.1 Å². The van der Waals surface area contributed by atoms with Crippen molar-refractivity contribution in [1.29, 1.82) is 0 Å². The van der Waals surface area contributed by atoms with Crippen LogP contribution in [0.4, 0.5) is 0 Å². The topological polar surface area (TPSA) is 58.4 Å². The van der Waals surface area contributed by atoms with Crippen molar-refractivity contribution in [1.82, 2.24) is 10.2 Å². The highest BCUT2D eigenvalue weighted by molar-refractivity contribution is 5.81. The number of likely N-dealkylation sites (tertiary alicyclic amines) is 1. The number of nitrogens with one attached hydrogen (secondary N) is 1. The molecule has 1 aliphatic heterocycles. The van der Waals surface area contributed by atoms with Gasteiger partial charge in [0.15, 0.2) is 0 Å². The second-order valence-corrected chi connectivity index (χ2v) is 5.78. The Morgan fingerprint density at radius 2 is 2.11 bits per heavy atom. The van der Waals surface area contributed by atoms with Crippen LogP contribution in [0.2, 0.25) is 0 Å². The van der Waals surface area contributed by atoms with Crippen molar-refractivity contribution in [3.8, 4) is 0 Å². The first-order valence-corrected chi connectivity index (χ1v) is 7.29. The Kier molecular flexibility index (Phi) is 6.65. The van der Waals surface area contributed by atoms with Crippen molar-refractivity contribution in [2.45, 2.75) is 58.5 Å². The lowest BCUT2D eigenvalue weighted by molar-refractivity contribution is -0.127. The molecule has 4 nitrogen and oxygen atoms in total. The Morgan fingerprint density at radius 3 is 2.72 bits per heavy atom. The van der Waals surface area contributed by atoms with E-state index < -0.39 is 0 Å². The maximum Gasteiger partial charge on any atom is 0.237 e. The van der Waals surface area contributed by atoms with E-state index in [0.717, 1.165) is 19.5 Å². The summed E-state index contributed by atoms with van der Waals surface area (Å²) in [5.41, 5.74) is 5.67. The third kappa shape index (κ3) is 4.58. The summed E-state index contributed by atoms with van der Waals surface area (Å²) < 4.78 is 0. The summed E-state index contributed by atoms with van der Waals surface area (Å²) in [5, 5.41) is 3.03. The van der Waals surface area contributed by atoms with Gasteiger partial charge < -0.3 is 11.1 Å². The fourth-order valence-electron chi connectivity index (χ4n) is 2.64. The number of carbonyl (C=O) groups excluding carboxylic acids is 1. The van der Waals surface area contributed by atoms with Crippen LogP contribution in [-0.2, 0) is 4.79 Å². The summed E-state index contributed by atoms with van der Waals surface area (Å²) in [4.78, 5) is 14.5. The minimum Gasteiger partial charge on any atom is -0.354 e. The summed E-state index contributed by atoms with van der Waals surface area (Å²) in [6.45, 7) is 8.75. The first kappa shape index (κ1) is 15.4. The number of piperidine rings is 1. The summed E-state index contributed by atoms with van der Waals surface area (Å²) in [7, 11) is 0. The van der Waals surface area contributed by atoms with Gasteiger partial charge in [-0.3, -0.25) is 9.69 Å². The largest absolute Gasteiger partial charge is 0.354 e. The van der Waals surface area contributed by atoms with Gasteiger partial charge in [0.2, 0.25) is 5.91 Å². The Balaban J connectivity index is 2.50. The van der Waals surface area contributed by atoms with E-state index in [1.54, 1.807) is 0 Å². The summed E-state index contributed by atoms with van der Waals surface area (Å²) >= 11 is 0. The molecule has 0 aromatic carbocycles. The van der Waals surface area contributed by atoms with Crippen LogP contribution in [0, 0.1) is 5.92 Å². The van der Waals surface area contributed by atoms with Gasteiger partial charge in [0.05, 0.1) is 6.04 Å². The smallest absolute Gasteiger partial charge is 0.237 e. The van der Waals surface area contributed by atoms with Gasteiger partial charge in [-0.25, -0.2) is 0 Å². The molecule has 1 saturated heterocycles. The van der Waals surface area contributed by atoms with Gasteiger partial charge in [-0.1, -0.05) is 20.3 Å². The highest BCUT2D eigenvalue weighted by atomic mass is 16.2. The lowest BCUT2D eigenvalue weighted by Gasteiger charge is -2.39. The quantitative estimate of drug-likeness (QED) is 0.753. The van der Waals surface area contributed by atoms with E-state index in [0.29, 0.717) is 18.5 Å². The summed E-state index contributed by atoms with van der Waals surface area (Å²) in [6.07, 6.45) is 4.64. The van der Waals surface area contributed by atoms with Crippen molar-refractivity contribution >= 4 is 5.91 Å². The minimum atomic E-state index is -0.0272. The summed E-state index contributed by atoms with van der Waals surface area (Å²) in [6, 6.07) is 0.462. The van der Waals surface area contributed by atoms with Gasteiger partial charge >= 0.3 is 0 Å². The molecule has 0 radical (unpaired) electrons. The Bertz CT molecular complexity index is 253. The monoisotopic (exact) mass is 255 g/mol. The average molecular weight is 255 g/mol. The molecular weight excluding hydrogens is 226 g/mol. The number of rotatable bonds is 6. The van der Waals surface area contributed by atoms with Crippen LogP contribution in [0.3, 0.4) is 0 Å². The van der Waals surface area contributed by atoms with Crippen molar-refractivity contribution in [3.05, 3.63) is 0 Å². The molecule has 0 aromatic rings. The Hall–Kier alpha value is -0.610. The van der Waals surface area contributed by atoms with Crippen molar-refractivity contribution < 1.29 is 4.79 Å². The lowest BCUT2D eigenvalue weighted by Crippen LogP contribution is -2.52. The van der Waals surface area contributed by atoms with E-state index in [1.807, 2.05) is 6.92 Å². The van der Waals surface area contributed by atoms with Crippen LogP contribution in [0.25, 0.3) is 0 Å². The van der Waals surface area contributed by atoms with Crippen LogP contribution in [0.15, 0.2) is 0 Å². The van der Waals surface area contributed by atoms with E-state index in [9.17, 15) is 4.79 Å². The SMILES string of the molecule is CC(C)CNC(=O)C(C)N1CCCCC1CCN. The fourth-order valence-corrected chi connectivity index (χ4v) is 2.64. The Morgan fingerprint density at radius 1 is 1.39 bits per heavy atom. The van der Waals surface area contributed by atoms with E-state index in [2.05, 4.69) is 24.1 Å². The number of nitrogens with two attached hydrogens (primary N) is 1. The molecule has 106 valence electrons. The Labute approximate surface area is 111 Å². The molecule has 1 rings (SSSR count). The van der Waals surface area contributed by atoms with Crippen molar-refractivity contribution in [3.63, 3.8) is 0 Å².